The number of carbonyl (C=O) groups is 4. The van der Waals surface area contributed by atoms with Gasteiger partial charge in [0.1, 0.15) is 12.1 Å². The van der Waals surface area contributed by atoms with Crippen LogP contribution in [0.25, 0.3) is 10.4 Å². The third kappa shape index (κ3) is 5.11. The number of ketones is 1. The Balaban J connectivity index is 1.31. The van der Waals surface area contributed by atoms with E-state index in [0.717, 1.165) is 10.4 Å². The molecule has 5 rings (SSSR count). The third-order valence-electron chi connectivity index (χ3n) is 7.09. The van der Waals surface area contributed by atoms with Crippen molar-refractivity contribution >= 4 is 34.8 Å². The van der Waals surface area contributed by atoms with Crippen LogP contribution in [-0.2, 0) is 9.59 Å². The average molecular weight is 531 g/mol. The molecule has 0 aliphatic carbocycles. The molecule has 1 N–H and O–H groups in total. The maximum Gasteiger partial charge on any atom is 0.262 e. The zero-order valence-corrected chi connectivity index (χ0v) is 22.2. The summed E-state index contributed by atoms with van der Waals surface area (Å²) in [6.45, 7) is 4.32. The molecule has 1 aromatic carbocycles. The molecule has 3 aromatic rings. The number of thiophene rings is 1. The summed E-state index contributed by atoms with van der Waals surface area (Å²) in [7, 11) is 0. The Morgan fingerprint density at radius 3 is 2.47 bits per heavy atom. The van der Waals surface area contributed by atoms with Gasteiger partial charge in [0.15, 0.2) is 5.78 Å². The summed E-state index contributed by atoms with van der Waals surface area (Å²) in [5.74, 6) is -0.815. The first kappa shape index (κ1) is 25.8. The lowest BCUT2D eigenvalue weighted by molar-refractivity contribution is -0.138. The minimum Gasteiger partial charge on any atom is -0.340 e. The molecule has 3 unspecified atom stereocenters. The lowest BCUT2D eigenvalue weighted by atomic mass is 10.0. The van der Waals surface area contributed by atoms with Gasteiger partial charge in [-0.25, -0.2) is 0 Å². The van der Waals surface area contributed by atoms with Crippen LogP contribution in [0.15, 0.2) is 67.0 Å². The highest BCUT2D eigenvalue weighted by Gasteiger charge is 2.52. The molecule has 2 fully saturated rings. The van der Waals surface area contributed by atoms with Crippen LogP contribution >= 0.6 is 11.3 Å². The highest BCUT2D eigenvalue weighted by atomic mass is 32.1. The van der Waals surface area contributed by atoms with E-state index in [1.54, 1.807) is 40.4 Å². The zero-order chi connectivity index (χ0) is 26.8. The van der Waals surface area contributed by atoms with Gasteiger partial charge in [0, 0.05) is 29.4 Å². The van der Waals surface area contributed by atoms with Gasteiger partial charge in [-0.2, -0.15) is 0 Å². The van der Waals surface area contributed by atoms with Crippen molar-refractivity contribution in [2.45, 2.75) is 44.8 Å². The molecule has 3 amide bonds. The standard InChI is InChI=1S/C29H30N4O4S/c1-18(2)16-21(31-27(35)25-9-8-24(38-25)19-6-4-3-5-7-19)29(37)32-15-12-22-26(32)23(34)17-33(22)28(36)20-10-13-30-14-11-20/h3-11,13-14,18,21-22,26H,12,15-17H2,1-2H3,(H,31,35). The van der Waals surface area contributed by atoms with Crippen molar-refractivity contribution in [2.24, 2.45) is 5.92 Å². The number of likely N-dealkylation sites (tertiary alicyclic amines) is 2. The van der Waals surface area contributed by atoms with E-state index in [1.165, 1.54) is 11.3 Å². The van der Waals surface area contributed by atoms with E-state index >= 15 is 0 Å². The van der Waals surface area contributed by atoms with Crippen molar-refractivity contribution in [3.05, 3.63) is 77.4 Å². The maximum atomic E-state index is 13.8. The number of hydrogen-bond donors (Lipinski definition) is 1. The predicted octanol–water partition coefficient (Wildman–Crippen LogP) is 3.65. The number of nitrogens with zero attached hydrogens (tertiary/aromatic N) is 3. The molecule has 0 saturated carbocycles. The molecule has 2 aromatic heterocycles. The molecular formula is C29H30N4O4S. The summed E-state index contributed by atoms with van der Waals surface area (Å²) in [6.07, 6.45) is 4.06. The first-order valence-electron chi connectivity index (χ1n) is 12.8. The first-order chi connectivity index (χ1) is 18.3. The second-order valence-electron chi connectivity index (χ2n) is 10.2. The van der Waals surface area contributed by atoms with Gasteiger partial charge >= 0.3 is 0 Å². The number of fused-ring (bicyclic) bond motifs is 1. The number of nitrogens with one attached hydrogen (secondary N) is 1. The van der Waals surface area contributed by atoms with E-state index in [9.17, 15) is 19.2 Å². The zero-order valence-electron chi connectivity index (χ0n) is 21.4. The summed E-state index contributed by atoms with van der Waals surface area (Å²) >= 11 is 1.38. The number of amides is 3. The number of rotatable bonds is 7. The third-order valence-corrected chi connectivity index (χ3v) is 8.23. The van der Waals surface area contributed by atoms with Crippen molar-refractivity contribution in [3.8, 4) is 10.4 Å². The minimum absolute atomic E-state index is 0.0288. The van der Waals surface area contributed by atoms with E-state index in [1.807, 2.05) is 50.2 Å². The number of Topliss-reactive ketones (excluding diaryl/α,β-unsaturated/α-hetero) is 1. The summed E-state index contributed by atoms with van der Waals surface area (Å²) in [5.41, 5.74) is 1.49. The van der Waals surface area contributed by atoms with Gasteiger partial charge in [-0.3, -0.25) is 24.2 Å². The molecule has 0 bridgehead atoms. The number of carbonyl (C=O) groups excluding carboxylic acids is 4. The first-order valence-corrected chi connectivity index (χ1v) is 13.7. The van der Waals surface area contributed by atoms with E-state index in [2.05, 4.69) is 10.3 Å². The minimum atomic E-state index is -0.763. The van der Waals surface area contributed by atoms with Crippen LogP contribution < -0.4 is 5.32 Å². The van der Waals surface area contributed by atoms with Crippen molar-refractivity contribution in [2.75, 3.05) is 13.1 Å². The van der Waals surface area contributed by atoms with Crippen LogP contribution in [0.1, 0.15) is 46.7 Å². The summed E-state index contributed by atoms with van der Waals surface area (Å²) < 4.78 is 0. The average Bonchev–Trinajstić information content (AvgIpc) is 3.66. The predicted molar refractivity (Wildman–Crippen MR) is 145 cm³/mol. The van der Waals surface area contributed by atoms with Gasteiger partial charge in [-0.05, 0) is 48.6 Å². The summed E-state index contributed by atoms with van der Waals surface area (Å²) in [6, 6.07) is 14.9. The van der Waals surface area contributed by atoms with Gasteiger partial charge in [-0.15, -0.1) is 11.3 Å². The van der Waals surface area contributed by atoms with Crippen LogP contribution in [0.5, 0.6) is 0 Å². The Hall–Kier alpha value is -3.85. The van der Waals surface area contributed by atoms with Gasteiger partial charge in [0.25, 0.3) is 11.8 Å². The largest absolute Gasteiger partial charge is 0.340 e. The Labute approximate surface area is 225 Å². The monoisotopic (exact) mass is 530 g/mol. The quantitative estimate of drug-likeness (QED) is 0.503. The molecule has 2 aliphatic heterocycles. The number of hydrogen-bond acceptors (Lipinski definition) is 6. The fraction of sp³-hybridized carbons (Fsp3) is 0.345. The molecule has 3 atom stereocenters. The fourth-order valence-electron chi connectivity index (χ4n) is 5.34. The lowest BCUT2D eigenvalue weighted by Gasteiger charge is -2.29. The molecule has 9 heteroatoms. The van der Waals surface area contributed by atoms with E-state index in [-0.39, 0.29) is 42.0 Å². The molecule has 0 spiro atoms. The number of pyridine rings is 1. The fourth-order valence-corrected chi connectivity index (χ4v) is 6.25. The molecule has 4 heterocycles. The Morgan fingerprint density at radius 1 is 1.03 bits per heavy atom. The molecule has 196 valence electrons. The van der Waals surface area contributed by atoms with Crippen molar-refractivity contribution in [3.63, 3.8) is 0 Å². The van der Waals surface area contributed by atoms with Crippen molar-refractivity contribution in [1.82, 2.24) is 20.1 Å². The van der Waals surface area contributed by atoms with Gasteiger partial charge in [-0.1, -0.05) is 44.2 Å². The van der Waals surface area contributed by atoms with Crippen LogP contribution in [0, 0.1) is 5.92 Å². The van der Waals surface area contributed by atoms with Crippen LogP contribution in [0.2, 0.25) is 0 Å². The van der Waals surface area contributed by atoms with E-state index in [0.29, 0.717) is 29.8 Å². The van der Waals surface area contributed by atoms with Crippen LogP contribution in [0.3, 0.4) is 0 Å². The summed E-state index contributed by atoms with van der Waals surface area (Å²) in [4.78, 5) is 61.7. The molecule has 2 saturated heterocycles. The molecule has 0 radical (unpaired) electrons. The number of aromatic nitrogens is 1. The van der Waals surface area contributed by atoms with E-state index < -0.39 is 12.1 Å². The Kier molecular flexibility index (Phi) is 7.37. The van der Waals surface area contributed by atoms with Crippen LogP contribution in [-0.4, -0.2) is 69.5 Å². The van der Waals surface area contributed by atoms with Gasteiger partial charge in [0.2, 0.25) is 5.91 Å². The molecule has 2 aliphatic rings. The lowest BCUT2D eigenvalue weighted by Crippen LogP contribution is -2.52. The second-order valence-corrected chi connectivity index (χ2v) is 11.2. The summed E-state index contributed by atoms with van der Waals surface area (Å²) in [5, 5.41) is 2.94. The smallest absolute Gasteiger partial charge is 0.262 e. The topological polar surface area (TPSA) is 99.7 Å². The van der Waals surface area contributed by atoms with Crippen molar-refractivity contribution < 1.29 is 19.2 Å². The molecular weight excluding hydrogens is 500 g/mol. The van der Waals surface area contributed by atoms with Gasteiger partial charge in [0.05, 0.1) is 17.5 Å². The Bertz CT molecular complexity index is 1340. The highest BCUT2D eigenvalue weighted by molar-refractivity contribution is 7.17. The van der Waals surface area contributed by atoms with E-state index in [4.69, 9.17) is 0 Å². The molecule has 38 heavy (non-hydrogen) atoms. The highest BCUT2D eigenvalue weighted by Crippen LogP contribution is 2.32. The SMILES string of the molecule is CC(C)CC(NC(=O)c1ccc(-c2ccccc2)s1)C(=O)N1CCC2C1C(=O)CN2C(=O)c1ccncc1. The maximum absolute atomic E-state index is 13.8. The molecule has 8 nitrogen and oxygen atoms in total. The Morgan fingerprint density at radius 2 is 1.76 bits per heavy atom. The number of benzene rings is 1. The normalized spacial score (nSPS) is 19.5. The second kappa shape index (κ2) is 10.9. The van der Waals surface area contributed by atoms with Crippen LogP contribution in [0.4, 0.5) is 0 Å². The van der Waals surface area contributed by atoms with Gasteiger partial charge < -0.3 is 15.1 Å². The van der Waals surface area contributed by atoms with Crippen molar-refractivity contribution in [1.29, 1.82) is 0 Å².